The normalized spacial score (nSPS) is 11.0. The zero-order chi connectivity index (χ0) is 78.8. The van der Waals surface area contributed by atoms with Gasteiger partial charge in [0.05, 0.1) is 14.9 Å². The van der Waals surface area contributed by atoms with Crippen LogP contribution >= 0.6 is 31.3 Å². The zero-order valence-electron chi connectivity index (χ0n) is 62.5. The second-order valence-electron chi connectivity index (χ2n) is 25.0. The minimum atomic E-state index is -4.69. The molecule has 0 spiro atoms. The molecule has 12 rings (SSSR count). The second kappa shape index (κ2) is 41.0. The van der Waals surface area contributed by atoms with Crippen LogP contribution in [-0.2, 0) is 35.6 Å². The van der Waals surface area contributed by atoms with Crippen LogP contribution in [0.5, 0.6) is 69.0 Å². The molecule has 1 radical (unpaired) electrons. The molecular weight excluding hydrogens is 1540 g/mol. The molecule has 0 heterocycles. The van der Waals surface area contributed by atoms with Crippen molar-refractivity contribution >= 4 is 31.3 Å². The molecule has 0 atom stereocenters. The van der Waals surface area contributed by atoms with Gasteiger partial charge in [0, 0.05) is 0 Å². The molecule has 0 aliphatic heterocycles. The predicted molar refractivity (Wildman–Crippen MR) is 414 cm³/mol. The number of hydrogen-bond acceptors (Lipinski definition) is 20. The zero-order valence-corrected chi connectivity index (χ0v) is 68.1. The summed E-state index contributed by atoms with van der Waals surface area (Å²) in [5, 5.41) is 0. The Bertz CT molecular complexity index is 3870. The van der Waals surface area contributed by atoms with Crippen LogP contribution in [0.3, 0.4) is 0 Å². The van der Waals surface area contributed by atoms with Gasteiger partial charge in [-0.15, -0.1) is 0 Å². The van der Waals surface area contributed by atoms with Crippen molar-refractivity contribution in [3.05, 3.63) is 358 Å². The summed E-state index contributed by atoms with van der Waals surface area (Å²) in [4.78, 5) is 0. The number of hydrogen-bond donors (Lipinski definition) is 1. The van der Waals surface area contributed by atoms with Gasteiger partial charge in [0.25, 0.3) is 0 Å². The molecule has 20 nitrogen and oxygen atoms in total. The van der Waals surface area contributed by atoms with Gasteiger partial charge in [-0.05, 0) is 229 Å². The van der Waals surface area contributed by atoms with E-state index in [1.54, 1.807) is 146 Å². The molecule has 571 valence electrons. The molecule has 0 amide bonds. The molecule has 0 aliphatic rings. The summed E-state index contributed by atoms with van der Waals surface area (Å²) in [6.07, 6.45) is 0. The van der Waals surface area contributed by atoms with E-state index in [1.165, 1.54) is 0 Å². The number of benzene rings is 12. The summed E-state index contributed by atoms with van der Waals surface area (Å²) in [6, 6.07) is 86.6. The van der Waals surface area contributed by atoms with Gasteiger partial charge in [-0.3, -0.25) is 0 Å². The summed E-state index contributed by atoms with van der Waals surface area (Å²) < 4.78 is 154. The van der Waals surface area contributed by atoms with Crippen LogP contribution in [0.1, 0.15) is 66.8 Å². The van der Waals surface area contributed by atoms with Crippen molar-refractivity contribution in [3.63, 3.8) is 0 Å². The summed E-state index contributed by atoms with van der Waals surface area (Å²) in [5.74, 6) is 4.98. The molecule has 0 unspecified atom stereocenters. The Labute approximate surface area is 656 Å². The fourth-order valence-corrected chi connectivity index (χ4v) is 14.0. The maximum Gasteiger partial charge on any atom is 3.00 e. The second-order valence-corrected chi connectivity index (χ2v) is 31.6. The van der Waals surface area contributed by atoms with Crippen LogP contribution in [0, 0.1) is 93.3 Å². The molecule has 0 aromatic heterocycles. The van der Waals surface area contributed by atoms with E-state index in [0.29, 0.717) is 69.0 Å². The number of phosphoric acid groups is 4. The van der Waals surface area contributed by atoms with E-state index >= 15 is 0 Å². The van der Waals surface area contributed by atoms with E-state index < -0.39 is 41.5 Å². The minimum Gasteiger partial charge on any atom is -0.386 e. The molecule has 0 fully saturated rings. The van der Waals surface area contributed by atoms with Gasteiger partial charge < -0.3 is 54.3 Å². The summed E-state index contributed by atoms with van der Waals surface area (Å²) in [7, 11) is -20.4. The molecule has 0 aliphatic carbocycles. The first-order valence-electron chi connectivity index (χ1n) is 33.9. The molecule has 1 N–H and O–H groups in total. The van der Waals surface area contributed by atoms with Crippen LogP contribution < -0.4 is 68.3 Å². The molecule has 12 aromatic carbocycles. The first-order chi connectivity index (χ1) is 51.7. The monoisotopic (exact) mass is 1620 g/mol. The Morgan fingerprint density at radius 1 is 0.182 bits per heavy atom. The van der Waals surface area contributed by atoms with Crippen molar-refractivity contribution in [1.29, 1.82) is 0 Å². The maximum absolute atomic E-state index is 13.3. The van der Waals surface area contributed by atoms with E-state index in [0.717, 1.165) is 66.8 Å². The molecule has 26 heteroatoms. The first-order valence-corrected chi connectivity index (χ1v) is 41.0. The number of rotatable bonds is 24. The number of phosphoric ester groups is 4. The Morgan fingerprint density at radius 3 is 0.291 bits per heavy atom. The quantitative estimate of drug-likeness (QED) is 0.0551. The van der Waals surface area contributed by atoms with Gasteiger partial charge in [0.1, 0.15) is 69.0 Å². The van der Waals surface area contributed by atoms with Gasteiger partial charge in [0.15, 0.2) is 0 Å². The topological polar surface area (TPSA) is 268 Å². The molecular formula is C84H85ClCrO20P4+3. The van der Waals surface area contributed by atoms with Crippen LogP contribution in [0.2, 0.25) is 0 Å². The van der Waals surface area contributed by atoms with Crippen LogP contribution in [0.4, 0.5) is 0 Å². The van der Waals surface area contributed by atoms with E-state index in [9.17, 15) is 18.3 Å². The summed E-state index contributed by atoms with van der Waals surface area (Å²) in [5.41, 5.74) is 12.9. The van der Waals surface area contributed by atoms with Crippen molar-refractivity contribution in [2.45, 2.75) is 83.1 Å². The SMILES string of the molecule is Cc1ccc(OP(=O)(Oc2ccc(C)cc2)Oc2ccc(C)cc2)cc1.Cc1ccc(OP(=O)(Oc2ccc(C)cc2)Oc2ccc(C)cc2)cc1.Cc1ccc(OP(=O)(Oc2ccc(C)cc2)Oc2ccc(C)cc2)cc1.Cc1ccc(OP(=O)(Oc2ccc(C)cc2)Oc2ccc(C)cc2)cc1.[Cr+3].[O-][Cl+3]([O-])([O-])O. The van der Waals surface area contributed by atoms with Crippen molar-refractivity contribution in [3.8, 4) is 69.0 Å². The van der Waals surface area contributed by atoms with E-state index in [4.69, 9.17) is 72.9 Å². The third kappa shape index (κ3) is 31.8. The van der Waals surface area contributed by atoms with Gasteiger partial charge >= 0.3 is 48.7 Å². The van der Waals surface area contributed by atoms with Crippen LogP contribution in [0.25, 0.3) is 0 Å². The van der Waals surface area contributed by atoms with Crippen molar-refractivity contribution in [1.82, 2.24) is 0 Å². The fourth-order valence-electron chi connectivity index (χ4n) is 8.96. The standard InChI is InChI=1S/4C21H21O4P.ClHO4.Cr/c4*1-16-4-10-19(11-5-16)23-26(22,24-20-12-6-17(2)7-13-20)25-21-14-8-18(3)9-15-21;2-1(3,4)5;/h4*4-15H,1-3H3;(H,2,3,4,5);/q;;;;;+3. The average Bonchev–Trinajstić information content (AvgIpc) is 0.841. The Balaban J connectivity index is 0.000000199. The maximum atomic E-state index is 13.3. The fraction of sp³-hybridized carbons (Fsp3) is 0.143. The third-order valence-electron chi connectivity index (χ3n) is 14.9. The molecule has 0 saturated heterocycles. The van der Waals surface area contributed by atoms with E-state index in [2.05, 4.69) is 0 Å². The number of aryl methyl sites for hydroxylation is 12. The summed E-state index contributed by atoms with van der Waals surface area (Å²) >= 11 is 0. The predicted octanol–water partition coefficient (Wildman–Crippen LogP) is 20.9. The smallest absolute Gasteiger partial charge is 0.386 e. The van der Waals surface area contributed by atoms with Gasteiger partial charge in [-0.2, -0.15) is 32.2 Å². The molecule has 12 aromatic rings. The molecule has 0 saturated carbocycles. The first kappa shape index (κ1) is 87.1. The van der Waals surface area contributed by atoms with E-state index in [1.807, 2.05) is 229 Å². The van der Waals surface area contributed by atoms with Crippen LogP contribution in [-0.4, -0.2) is 4.66 Å². The van der Waals surface area contributed by atoms with Crippen molar-refractivity contribution in [2.75, 3.05) is 0 Å². The van der Waals surface area contributed by atoms with E-state index in [-0.39, 0.29) is 17.4 Å². The van der Waals surface area contributed by atoms with Gasteiger partial charge in [0.2, 0.25) is 0 Å². The molecule has 0 bridgehead atoms. The van der Waals surface area contributed by atoms with Crippen LogP contribution in [0.15, 0.2) is 291 Å². The Kier molecular flexibility index (Phi) is 32.5. The summed E-state index contributed by atoms with van der Waals surface area (Å²) in [6.45, 7) is 23.6. The number of halogens is 1. The Morgan fingerprint density at radius 2 is 0.236 bits per heavy atom. The average molecular weight is 1630 g/mol. The molecule has 110 heavy (non-hydrogen) atoms. The third-order valence-corrected chi connectivity index (χ3v) is 20.1. The Hall–Kier alpha value is -10.2. The van der Waals surface area contributed by atoms with Gasteiger partial charge in [-0.25, -0.2) is 0 Å². The van der Waals surface area contributed by atoms with Crippen molar-refractivity contribution < 1.29 is 119 Å². The van der Waals surface area contributed by atoms with Crippen molar-refractivity contribution in [2.24, 2.45) is 0 Å². The largest absolute Gasteiger partial charge is 3.00 e. The minimum absolute atomic E-state index is 0. The van der Waals surface area contributed by atoms with Gasteiger partial charge in [-0.1, -0.05) is 212 Å².